The highest BCUT2D eigenvalue weighted by atomic mass is 19.1. The van der Waals surface area contributed by atoms with Crippen molar-refractivity contribution in [2.45, 2.75) is 19.6 Å². The van der Waals surface area contributed by atoms with Gasteiger partial charge in [0.25, 0.3) is 0 Å². The Balaban J connectivity index is 2.08. The Morgan fingerprint density at radius 2 is 2.10 bits per heavy atom. The van der Waals surface area contributed by atoms with Crippen molar-refractivity contribution < 1.29 is 14.1 Å². The lowest BCUT2D eigenvalue weighted by Gasteiger charge is -2.10. The van der Waals surface area contributed by atoms with Gasteiger partial charge in [-0.3, -0.25) is 10.1 Å². The van der Waals surface area contributed by atoms with E-state index in [-0.39, 0.29) is 12.6 Å². The molecule has 0 fully saturated rings. The molecule has 6 heteroatoms. The first-order valence-corrected chi connectivity index (χ1v) is 6.38. The quantitative estimate of drug-likeness (QED) is 0.676. The van der Waals surface area contributed by atoms with Gasteiger partial charge in [-0.2, -0.15) is 4.39 Å². The number of nitro groups is 1. The SMILES string of the molecule is CC(N)c1cccc(OCc2ccc([N+](=O)[O-])c(F)c2)c1. The summed E-state index contributed by atoms with van der Waals surface area (Å²) in [6.45, 7) is 1.99. The summed E-state index contributed by atoms with van der Waals surface area (Å²) in [5.74, 6) is -0.256. The molecule has 2 N–H and O–H groups in total. The van der Waals surface area contributed by atoms with Crippen LogP contribution >= 0.6 is 0 Å². The molecule has 2 aromatic rings. The molecule has 110 valence electrons. The van der Waals surface area contributed by atoms with Crippen LogP contribution in [0.5, 0.6) is 5.75 Å². The van der Waals surface area contributed by atoms with Gasteiger partial charge in [-0.1, -0.05) is 12.1 Å². The maximum absolute atomic E-state index is 13.5. The predicted octanol–water partition coefficient (Wildman–Crippen LogP) is 3.33. The van der Waals surface area contributed by atoms with Crippen LogP contribution in [0.25, 0.3) is 0 Å². The number of nitro benzene ring substituents is 1. The van der Waals surface area contributed by atoms with E-state index >= 15 is 0 Å². The Labute approximate surface area is 121 Å². The van der Waals surface area contributed by atoms with E-state index in [1.807, 2.05) is 25.1 Å². The minimum Gasteiger partial charge on any atom is -0.489 e. The van der Waals surface area contributed by atoms with E-state index in [4.69, 9.17) is 10.5 Å². The number of ether oxygens (including phenoxy) is 1. The third-order valence-electron chi connectivity index (χ3n) is 3.00. The van der Waals surface area contributed by atoms with Crippen LogP contribution < -0.4 is 10.5 Å². The summed E-state index contributed by atoms with van der Waals surface area (Å²) < 4.78 is 19.0. The Bertz CT molecular complexity index is 659. The van der Waals surface area contributed by atoms with Crippen LogP contribution in [-0.2, 0) is 6.61 Å². The molecule has 2 rings (SSSR count). The number of hydrogen-bond acceptors (Lipinski definition) is 4. The Hall–Kier alpha value is -2.47. The average molecular weight is 290 g/mol. The van der Waals surface area contributed by atoms with Crippen LogP contribution in [0.1, 0.15) is 24.1 Å². The second kappa shape index (κ2) is 6.32. The number of halogens is 1. The molecule has 5 nitrogen and oxygen atoms in total. The highest BCUT2D eigenvalue weighted by Crippen LogP contribution is 2.21. The van der Waals surface area contributed by atoms with E-state index in [2.05, 4.69) is 0 Å². The summed E-state index contributed by atoms with van der Waals surface area (Å²) in [5, 5.41) is 10.5. The van der Waals surface area contributed by atoms with E-state index in [0.29, 0.717) is 11.3 Å². The van der Waals surface area contributed by atoms with E-state index in [9.17, 15) is 14.5 Å². The third kappa shape index (κ3) is 3.76. The van der Waals surface area contributed by atoms with Crippen molar-refractivity contribution in [1.82, 2.24) is 0 Å². The van der Waals surface area contributed by atoms with E-state index in [1.54, 1.807) is 6.07 Å². The molecule has 0 spiro atoms. The zero-order valence-electron chi connectivity index (χ0n) is 11.5. The molecular formula is C15H15FN2O3. The molecule has 0 aliphatic rings. The molecule has 0 aliphatic carbocycles. The molecule has 1 atom stereocenters. The Kier molecular flexibility index (Phi) is 4.49. The number of benzene rings is 2. The number of nitrogens with two attached hydrogens (primary N) is 1. The summed E-state index contributed by atoms with van der Waals surface area (Å²) in [7, 11) is 0. The molecule has 0 radical (unpaired) electrons. The summed E-state index contributed by atoms with van der Waals surface area (Å²) in [4.78, 5) is 9.78. The molecule has 0 amide bonds. The van der Waals surface area contributed by atoms with Gasteiger partial charge in [0, 0.05) is 12.1 Å². The molecular weight excluding hydrogens is 275 g/mol. The maximum Gasteiger partial charge on any atom is 0.304 e. The monoisotopic (exact) mass is 290 g/mol. The molecule has 0 aliphatic heterocycles. The lowest BCUT2D eigenvalue weighted by atomic mass is 10.1. The van der Waals surface area contributed by atoms with Crippen LogP contribution in [-0.4, -0.2) is 4.92 Å². The largest absolute Gasteiger partial charge is 0.489 e. The van der Waals surface area contributed by atoms with Crippen molar-refractivity contribution >= 4 is 5.69 Å². The first kappa shape index (κ1) is 14.9. The third-order valence-corrected chi connectivity index (χ3v) is 3.00. The van der Waals surface area contributed by atoms with Crippen molar-refractivity contribution in [3.8, 4) is 5.75 Å². The molecule has 0 heterocycles. The lowest BCUT2D eigenvalue weighted by molar-refractivity contribution is -0.387. The van der Waals surface area contributed by atoms with Crippen molar-refractivity contribution in [2.75, 3.05) is 0 Å². The highest BCUT2D eigenvalue weighted by Gasteiger charge is 2.13. The minimum atomic E-state index is -0.870. The van der Waals surface area contributed by atoms with Gasteiger partial charge in [-0.05, 0) is 42.3 Å². The van der Waals surface area contributed by atoms with Gasteiger partial charge in [0.15, 0.2) is 0 Å². The topological polar surface area (TPSA) is 78.4 Å². The van der Waals surface area contributed by atoms with Gasteiger partial charge in [-0.15, -0.1) is 0 Å². The van der Waals surface area contributed by atoms with E-state index < -0.39 is 16.4 Å². The summed E-state index contributed by atoms with van der Waals surface area (Å²) in [6.07, 6.45) is 0. The second-order valence-electron chi connectivity index (χ2n) is 4.69. The van der Waals surface area contributed by atoms with Crippen LogP contribution in [0.4, 0.5) is 10.1 Å². The summed E-state index contributed by atoms with van der Waals surface area (Å²) in [5.41, 5.74) is 6.69. The Morgan fingerprint density at radius 3 is 2.71 bits per heavy atom. The fourth-order valence-electron chi connectivity index (χ4n) is 1.84. The van der Waals surface area contributed by atoms with Crippen LogP contribution in [0.15, 0.2) is 42.5 Å². The standard InChI is InChI=1S/C15H15FN2O3/c1-10(17)12-3-2-4-13(8-12)21-9-11-5-6-15(18(19)20)14(16)7-11/h2-8,10H,9,17H2,1H3. The van der Waals surface area contributed by atoms with Crippen LogP contribution in [0.3, 0.4) is 0 Å². The van der Waals surface area contributed by atoms with Crippen molar-refractivity contribution in [3.05, 3.63) is 69.5 Å². The summed E-state index contributed by atoms with van der Waals surface area (Å²) >= 11 is 0. The average Bonchev–Trinajstić information content (AvgIpc) is 2.45. The van der Waals surface area contributed by atoms with E-state index in [1.165, 1.54) is 6.07 Å². The number of hydrogen-bond donors (Lipinski definition) is 1. The molecule has 1 unspecified atom stereocenters. The number of rotatable bonds is 5. The molecule has 0 saturated heterocycles. The van der Waals surface area contributed by atoms with Gasteiger partial charge in [0.2, 0.25) is 5.82 Å². The first-order valence-electron chi connectivity index (χ1n) is 6.38. The molecule has 0 aromatic heterocycles. The maximum atomic E-state index is 13.5. The fraction of sp³-hybridized carbons (Fsp3) is 0.200. The van der Waals surface area contributed by atoms with Crippen LogP contribution in [0, 0.1) is 15.9 Å². The molecule has 2 aromatic carbocycles. The highest BCUT2D eigenvalue weighted by molar-refractivity contribution is 5.35. The van der Waals surface area contributed by atoms with Gasteiger partial charge in [-0.25, -0.2) is 0 Å². The zero-order chi connectivity index (χ0) is 15.4. The van der Waals surface area contributed by atoms with Crippen LogP contribution in [0.2, 0.25) is 0 Å². The summed E-state index contributed by atoms with van der Waals surface area (Å²) in [6, 6.07) is 10.9. The molecule has 21 heavy (non-hydrogen) atoms. The smallest absolute Gasteiger partial charge is 0.304 e. The molecule has 0 bridgehead atoms. The Morgan fingerprint density at radius 1 is 1.33 bits per heavy atom. The second-order valence-corrected chi connectivity index (χ2v) is 4.69. The van der Waals surface area contributed by atoms with E-state index in [0.717, 1.165) is 17.7 Å². The van der Waals surface area contributed by atoms with Gasteiger partial charge in [0.1, 0.15) is 12.4 Å². The van der Waals surface area contributed by atoms with Crippen molar-refractivity contribution in [3.63, 3.8) is 0 Å². The van der Waals surface area contributed by atoms with Crippen molar-refractivity contribution in [1.29, 1.82) is 0 Å². The molecule has 0 saturated carbocycles. The number of nitrogens with zero attached hydrogens (tertiary/aromatic N) is 1. The van der Waals surface area contributed by atoms with Gasteiger partial charge in [0.05, 0.1) is 4.92 Å². The van der Waals surface area contributed by atoms with Crippen molar-refractivity contribution in [2.24, 2.45) is 5.73 Å². The minimum absolute atomic E-state index is 0.106. The van der Waals surface area contributed by atoms with Gasteiger partial charge >= 0.3 is 5.69 Å². The normalized spacial score (nSPS) is 12.0. The first-order chi connectivity index (χ1) is 9.97. The van der Waals surface area contributed by atoms with Gasteiger partial charge < -0.3 is 10.5 Å². The zero-order valence-corrected chi connectivity index (χ0v) is 11.5. The predicted molar refractivity (Wildman–Crippen MR) is 76.4 cm³/mol. The fourth-order valence-corrected chi connectivity index (χ4v) is 1.84. The lowest BCUT2D eigenvalue weighted by Crippen LogP contribution is -2.05.